The van der Waals surface area contributed by atoms with Crippen LogP contribution in [0.3, 0.4) is 0 Å². The van der Waals surface area contributed by atoms with Crippen LogP contribution in [-0.2, 0) is 18.0 Å². The summed E-state index contributed by atoms with van der Waals surface area (Å²) in [6.45, 7) is 4.45. The second-order valence-corrected chi connectivity index (χ2v) is 8.57. The second-order valence-electron chi connectivity index (χ2n) is 7.34. The highest BCUT2D eigenvalue weighted by Crippen LogP contribution is 2.35. The molecule has 0 amide bonds. The van der Waals surface area contributed by atoms with Crippen molar-refractivity contribution in [1.82, 2.24) is 4.98 Å². The third-order valence-electron chi connectivity index (χ3n) is 4.83. The molecule has 0 saturated carbocycles. The van der Waals surface area contributed by atoms with Gasteiger partial charge in [-0.05, 0) is 54.6 Å². The minimum absolute atomic E-state index is 0.237. The molecular formula is C25H21ClFNO4S. The lowest BCUT2D eigenvalue weighted by Gasteiger charge is -2.11. The van der Waals surface area contributed by atoms with E-state index < -0.39 is 5.97 Å². The van der Waals surface area contributed by atoms with Crippen LogP contribution in [0.1, 0.15) is 34.0 Å². The van der Waals surface area contributed by atoms with Gasteiger partial charge in [0.15, 0.2) is 0 Å². The third-order valence-corrected chi connectivity index (χ3v) is 6.18. The van der Waals surface area contributed by atoms with E-state index in [4.69, 9.17) is 25.8 Å². The van der Waals surface area contributed by atoms with Crippen LogP contribution in [0.5, 0.6) is 11.5 Å². The predicted octanol–water partition coefficient (Wildman–Crippen LogP) is 6.73. The molecule has 0 aliphatic carbocycles. The molecule has 2 aromatic heterocycles. The number of benzene rings is 2. The van der Waals surface area contributed by atoms with Gasteiger partial charge in [0.25, 0.3) is 0 Å². The Morgan fingerprint density at radius 3 is 2.61 bits per heavy atom. The largest absolute Gasteiger partial charge is 0.489 e. The number of fused-ring (bicyclic) bond motifs is 1. The van der Waals surface area contributed by atoms with Crippen LogP contribution in [-0.4, -0.2) is 17.6 Å². The number of nitrogens with zero attached hydrogens (tertiary/aromatic N) is 1. The molecule has 0 aliphatic rings. The fraction of sp³-hybridized carbons (Fsp3) is 0.200. The molecule has 2 aromatic carbocycles. The van der Waals surface area contributed by atoms with Gasteiger partial charge in [-0.3, -0.25) is 0 Å². The van der Waals surface area contributed by atoms with Crippen molar-refractivity contribution < 1.29 is 23.4 Å². The van der Waals surface area contributed by atoms with Gasteiger partial charge in [0.2, 0.25) is 0 Å². The van der Waals surface area contributed by atoms with Gasteiger partial charge in [-0.1, -0.05) is 23.7 Å². The van der Waals surface area contributed by atoms with Crippen molar-refractivity contribution in [1.29, 1.82) is 0 Å². The van der Waals surface area contributed by atoms with Gasteiger partial charge in [0.05, 0.1) is 16.9 Å². The van der Waals surface area contributed by atoms with E-state index in [0.717, 1.165) is 21.4 Å². The first kappa shape index (κ1) is 23.0. The van der Waals surface area contributed by atoms with E-state index >= 15 is 0 Å². The Hall–Kier alpha value is -3.16. The van der Waals surface area contributed by atoms with E-state index in [1.54, 1.807) is 25.1 Å². The number of hydrogen-bond donors (Lipinski definition) is 0. The van der Waals surface area contributed by atoms with E-state index in [9.17, 15) is 9.18 Å². The molecule has 0 fully saturated rings. The average Bonchev–Trinajstić information content (AvgIpc) is 3.21. The number of rotatable bonds is 8. The van der Waals surface area contributed by atoms with E-state index in [1.165, 1.54) is 29.7 Å². The highest BCUT2D eigenvalue weighted by molar-refractivity contribution is 7.17. The van der Waals surface area contributed by atoms with Crippen LogP contribution in [0.4, 0.5) is 4.39 Å². The Kier molecular flexibility index (Phi) is 7.11. The molecule has 0 saturated heterocycles. The van der Waals surface area contributed by atoms with Crippen LogP contribution in [0.15, 0.2) is 54.0 Å². The number of halogens is 2. The van der Waals surface area contributed by atoms with Crippen LogP contribution in [0.2, 0.25) is 5.15 Å². The van der Waals surface area contributed by atoms with Crippen molar-refractivity contribution in [3.63, 3.8) is 0 Å². The number of thiophene rings is 1. The molecule has 0 bridgehead atoms. The lowest BCUT2D eigenvalue weighted by atomic mass is 10.1. The van der Waals surface area contributed by atoms with Crippen LogP contribution in [0.25, 0.3) is 10.1 Å². The standard InChI is InChI=1S/C25H21ClFNO4S/c1-3-30-25(29)21-11-28-24(26)22-17(14-33-23(21)22)13-32-20-8-15(2)7-19(10-20)31-12-16-5-4-6-18(27)9-16/h4-11,14H,3,12-13H2,1-2H3. The van der Waals surface area contributed by atoms with Crippen LogP contribution < -0.4 is 9.47 Å². The average molecular weight is 486 g/mol. The van der Waals surface area contributed by atoms with Crippen molar-refractivity contribution in [2.45, 2.75) is 27.1 Å². The summed E-state index contributed by atoms with van der Waals surface area (Å²) in [7, 11) is 0. The number of hydrogen-bond acceptors (Lipinski definition) is 6. The Morgan fingerprint density at radius 2 is 1.88 bits per heavy atom. The van der Waals surface area contributed by atoms with E-state index in [1.807, 2.05) is 24.4 Å². The minimum Gasteiger partial charge on any atom is -0.489 e. The summed E-state index contributed by atoms with van der Waals surface area (Å²) in [5, 5.41) is 2.89. The molecule has 5 nitrogen and oxygen atoms in total. The zero-order valence-corrected chi connectivity index (χ0v) is 19.6. The van der Waals surface area contributed by atoms with Gasteiger partial charge >= 0.3 is 5.97 Å². The van der Waals surface area contributed by atoms with Crippen molar-refractivity contribution in [2.75, 3.05) is 6.61 Å². The van der Waals surface area contributed by atoms with Crippen LogP contribution >= 0.6 is 22.9 Å². The first-order valence-electron chi connectivity index (χ1n) is 10.3. The van der Waals surface area contributed by atoms with Gasteiger partial charge in [-0.2, -0.15) is 0 Å². The summed E-state index contributed by atoms with van der Waals surface area (Å²) in [6, 6.07) is 11.9. The Bertz CT molecular complexity index is 1310. The first-order valence-corrected chi connectivity index (χ1v) is 11.5. The molecule has 0 unspecified atom stereocenters. The monoisotopic (exact) mass is 485 g/mol. The summed E-state index contributed by atoms with van der Waals surface area (Å²) in [4.78, 5) is 16.4. The lowest BCUT2D eigenvalue weighted by Crippen LogP contribution is -2.05. The quantitative estimate of drug-likeness (QED) is 0.204. The Morgan fingerprint density at radius 1 is 1.12 bits per heavy atom. The summed E-state index contributed by atoms with van der Waals surface area (Å²) in [5.74, 6) is 0.509. The summed E-state index contributed by atoms with van der Waals surface area (Å²) in [6.07, 6.45) is 1.44. The van der Waals surface area contributed by atoms with Gasteiger partial charge in [0.1, 0.15) is 35.7 Å². The number of ether oxygens (including phenoxy) is 3. The minimum atomic E-state index is -0.431. The lowest BCUT2D eigenvalue weighted by molar-refractivity contribution is 0.0528. The van der Waals surface area contributed by atoms with Gasteiger partial charge in [-0.25, -0.2) is 14.2 Å². The normalized spacial score (nSPS) is 10.9. The maximum Gasteiger partial charge on any atom is 0.341 e. The van der Waals surface area contributed by atoms with Gasteiger partial charge < -0.3 is 14.2 Å². The molecule has 2 heterocycles. The summed E-state index contributed by atoms with van der Waals surface area (Å²) in [5.41, 5.74) is 2.91. The summed E-state index contributed by atoms with van der Waals surface area (Å²) >= 11 is 7.74. The second kappa shape index (κ2) is 10.2. The number of esters is 1. The van der Waals surface area contributed by atoms with Crippen molar-refractivity contribution in [3.8, 4) is 11.5 Å². The summed E-state index contributed by atoms with van der Waals surface area (Å²) < 4.78 is 31.1. The number of pyridine rings is 1. The number of aromatic nitrogens is 1. The van der Waals surface area contributed by atoms with Gasteiger partial charge in [-0.15, -0.1) is 11.3 Å². The fourth-order valence-electron chi connectivity index (χ4n) is 3.36. The van der Waals surface area contributed by atoms with Crippen molar-refractivity contribution in [3.05, 3.63) is 87.3 Å². The maximum absolute atomic E-state index is 13.4. The fourth-order valence-corrected chi connectivity index (χ4v) is 4.73. The zero-order chi connectivity index (χ0) is 23.4. The molecular weight excluding hydrogens is 465 g/mol. The first-order chi connectivity index (χ1) is 15.9. The molecule has 8 heteroatoms. The Labute approximate surface area is 199 Å². The molecule has 4 rings (SSSR count). The molecule has 0 spiro atoms. The van der Waals surface area contributed by atoms with E-state index in [2.05, 4.69) is 4.98 Å². The molecule has 0 radical (unpaired) electrons. The molecule has 33 heavy (non-hydrogen) atoms. The molecule has 0 N–H and O–H groups in total. The molecule has 4 aromatic rings. The number of carbonyl (C=O) groups is 1. The van der Waals surface area contributed by atoms with E-state index in [0.29, 0.717) is 27.6 Å². The van der Waals surface area contributed by atoms with Gasteiger partial charge in [0, 0.05) is 23.2 Å². The topological polar surface area (TPSA) is 57.7 Å². The third kappa shape index (κ3) is 5.43. The van der Waals surface area contributed by atoms with Crippen molar-refractivity contribution >= 4 is 39.0 Å². The highest BCUT2D eigenvalue weighted by Gasteiger charge is 2.19. The molecule has 0 aliphatic heterocycles. The number of aryl methyl sites for hydroxylation is 1. The smallest absolute Gasteiger partial charge is 0.341 e. The predicted molar refractivity (Wildman–Crippen MR) is 127 cm³/mol. The van der Waals surface area contributed by atoms with Crippen molar-refractivity contribution in [2.24, 2.45) is 0 Å². The molecule has 0 atom stereocenters. The molecule has 170 valence electrons. The maximum atomic E-state index is 13.4. The zero-order valence-electron chi connectivity index (χ0n) is 18.1. The SMILES string of the molecule is CCOC(=O)c1cnc(Cl)c2c(COc3cc(C)cc(OCc4cccc(F)c4)c3)csc12. The number of carbonyl (C=O) groups excluding carboxylic acids is 1. The highest BCUT2D eigenvalue weighted by atomic mass is 35.5. The Balaban J connectivity index is 1.51. The van der Waals surface area contributed by atoms with Crippen LogP contribution in [0, 0.1) is 12.7 Å². The van der Waals surface area contributed by atoms with E-state index in [-0.39, 0.29) is 25.6 Å².